The van der Waals surface area contributed by atoms with E-state index in [1.807, 2.05) is 12.3 Å². The van der Waals surface area contributed by atoms with Crippen molar-refractivity contribution in [2.75, 3.05) is 24.7 Å². The molecule has 1 saturated heterocycles. The molecule has 0 aliphatic carbocycles. The summed E-state index contributed by atoms with van der Waals surface area (Å²) < 4.78 is 7.92. The molecule has 0 bridgehead atoms. The van der Waals surface area contributed by atoms with Gasteiger partial charge in [-0.05, 0) is 42.7 Å². The Hall–Kier alpha value is -3.19. The highest BCUT2D eigenvalue weighted by Crippen LogP contribution is 2.35. The van der Waals surface area contributed by atoms with Gasteiger partial charge in [0.25, 0.3) is 0 Å². The summed E-state index contributed by atoms with van der Waals surface area (Å²) in [6, 6.07) is 8.68. The van der Waals surface area contributed by atoms with Gasteiger partial charge in [-0.25, -0.2) is 4.98 Å². The summed E-state index contributed by atoms with van der Waals surface area (Å²) in [5.41, 5.74) is 4.94. The smallest absolute Gasteiger partial charge is 0.130 e. The Labute approximate surface area is 182 Å². The zero-order valence-corrected chi connectivity index (χ0v) is 18.2. The second-order valence-corrected chi connectivity index (χ2v) is 8.66. The van der Waals surface area contributed by atoms with Crippen LogP contribution in [-0.2, 0) is 11.3 Å². The number of hydrogen-bond donors (Lipinski definition) is 1. The average molecular weight is 417 g/mol. The third-order valence-electron chi connectivity index (χ3n) is 5.77. The van der Waals surface area contributed by atoms with E-state index in [1.165, 1.54) is 11.1 Å². The summed E-state index contributed by atoms with van der Waals surface area (Å²) in [7, 11) is 0. The van der Waals surface area contributed by atoms with Gasteiger partial charge in [0.2, 0.25) is 0 Å². The quantitative estimate of drug-likeness (QED) is 0.523. The number of pyridine rings is 2. The maximum absolute atomic E-state index is 5.66. The van der Waals surface area contributed by atoms with Crippen molar-refractivity contribution in [1.29, 1.82) is 0 Å². The van der Waals surface area contributed by atoms with Gasteiger partial charge >= 0.3 is 0 Å². The highest BCUT2D eigenvalue weighted by atomic mass is 16.5. The van der Waals surface area contributed by atoms with Crippen LogP contribution in [-0.4, -0.2) is 50.5 Å². The Bertz CT molecular complexity index is 1180. The number of morpholine rings is 1. The van der Waals surface area contributed by atoms with Crippen LogP contribution in [0.15, 0.2) is 49.1 Å². The lowest BCUT2D eigenvalue weighted by Gasteiger charge is -2.34. The first-order chi connectivity index (χ1) is 15.1. The molecule has 5 rings (SSSR count). The zero-order valence-electron chi connectivity index (χ0n) is 18.2. The summed E-state index contributed by atoms with van der Waals surface area (Å²) in [5, 5.41) is 8.26. The molecule has 0 amide bonds. The highest BCUT2D eigenvalue weighted by molar-refractivity contribution is 6.01. The molecule has 160 valence electrons. The van der Waals surface area contributed by atoms with Crippen molar-refractivity contribution in [2.45, 2.75) is 33.4 Å². The van der Waals surface area contributed by atoms with Crippen LogP contribution in [0.3, 0.4) is 0 Å². The maximum Gasteiger partial charge on any atom is 0.130 e. The van der Waals surface area contributed by atoms with Crippen molar-refractivity contribution in [2.24, 2.45) is 5.92 Å². The average Bonchev–Trinajstić information content (AvgIpc) is 3.45. The van der Waals surface area contributed by atoms with Crippen LogP contribution < -0.4 is 4.90 Å². The van der Waals surface area contributed by atoms with Gasteiger partial charge in [-0.3, -0.25) is 10.1 Å². The molecular weight excluding hydrogens is 388 g/mol. The van der Waals surface area contributed by atoms with Gasteiger partial charge in [-0.2, -0.15) is 5.10 Å². The molecule has 7 heteroatoms. The minimum Gasteiger partial charge on any atom is -0.377 e. The fourth-order valence-electron chi connectivity index (χ4n) is 4.31. The lowest BCUT2D eigenvalue weighted by atomic mass is 10.0. The molecule has 4 aromatic rings. The van der Waals surface area contributed by atoms with Crippen molar-refractivity contribution in [3.05, 3.63) is 49.1 Å². The predicted molar refractivity (Wildman–Crippen MR) is 123 cm³/mol. The number of aromatic amines is 1. The van der Waals surface area contributed by atoms with Crippen molar-refractivity contribution < 1.29 is 4.74 Å². The van der Waals surface area contributed by atoms with E-state index in [2.05, 4.69) is 76.0 Å². The highest BCUT2D eigenvalue weighted by Gasteiger charge is 2.23. The predicted octanol–water partition coefficient (Wildman–Crippen LogP) is 4.37. The summed E-state index contributed by atoms with van der Waals surface area (Å²) in [5.74, 6) is 1.55. The number of aromatic nitrogens is 5. The van der Waals surface area contributed by atoms with E-state index < -0.39 is 0 Å². The second-order valence-electron chi connectivity index (χ2n) is 8.66. The lowest BCUT2D eigenvalue weighted by Crippen LogP contribution is -2.44. The molecule has 1 aliphatic heterocycles. The molecule has 0 aromatic carbocycles. The molecule has 1 N–H and O–H groups in total. The van der Waals surface area contributed by atoms with Gasteiger partial charge < -0.3 is 14.2 Å². The summed E-state index contributed by atoms with van der Waals surface area (Å²) in [6.07, 6.45) is 8.00. The first kappa shape index (κ1) is 19.8. The SMILES string of the molecule is CC(C)Cn1ccc(-c2cc(N3CCOC[C@H]3C)nc3c(-c4ccn[nH]4)nccc23)c1. The van der Waals surface area contributed by atoms with Crippen molar-refractivity contribution >= 4 is 16.7 Å². The molecule has 5 heterocycles. The van der Waals surface area contributed by atoms with Crippen LogP contribution in [0.1, 0.15) is 20.8 Å². The number of anilines is 1. The number of ether oxygens (including phenoxy) is 1. The molecule has 0 spiro atoms. The van der Waals surface area contributed by atoms with Gasteiger partial charge in [0, 0.05) is 48.8 Å². The summed E-state index contributed by atoms with van der Waals surface area (Å²) in [4.78, 5) is 12.1. The van der Waals surface area contributed by atoms with E-state index in [-0.39, 0.29) is 6.04 Å². The maximum atomic E-state index is 5.66. The van der Waals surface area contributed by atoms with Crippen LogP contribution in [0.25, 0.3) is 33.4 Å². The number of nitrogens with one attached hydrogen (secondary N) is 1. The number of rotatable bonds is 5. The Morgan fingerprint density at radius 1 is 1.23 bits per heavy atom. The zero-order chi connectivity index (χ0) is 21.4. The molecule has 1 fully saturated rings. The Morgan fingerprint density at radius 2 is 2.13 bits per heavy atom. The number of nitrogens with zero attached hydrogens (tertiary/aromatic N) is 5. The number of hydrogen-bond acceptors (Lipinski definition) is 5. The molecule has 7 nitrogen and oxygen atoms in total. The molecule has 1 atom stereocenters. The van der Waals surface area contributed by atoms with Crippen LogP contribution >= 0.6 is 0 Å². The largest absolute Gasteiger partial charge is 0.377 e. The standard InChI is InChI=1S/C24H28N6O/c1-16(2)13-29-9-6-18(14-29)20-12-22(30-10-11-31-15-17(30)3)27-23-19(20)4-7-25-24(23)21-5-8-26-28-21/h4-9,12,14,16-17H,10-11,13,15H2,1-3H3,(H,26,28)/t17-/m1/s1. The van der Waals surface area contributed by atoms with E-state index in [4.69, 9.17) is 9.72 Å². The first-order valence-corrected chi connectivity index (χ1v) is 10.9. The molecule has 31 heavy (non-hydrogen) atoms. The molecule has 0 unspecified atom stereocenters. The van der Waals surface area contributed by atoms with E-state index in [0.29, 0.717) is 19.1 Å². The van der Waals surface area contributed by atoms with Gasteiger partial charge in [0.1, 0.15) is 17.0 Å². The van der Waals surface area contributed by atoms with Crippen molar-refractivity contribution in [3.8, 4) is 22.5 Å². The van der Waals surface area contributed by atoms with Crippen LogP contribution in [0, 0.1) is 5.92 Å². The van der Waals surface area contributed by atoms with Crippen molar-refractivity contribution in [1.82, 2.24) is 24.7 Å². The van der Waals surface area contributed by atoms with E-state index >= 15 is 0 Å². The van der Waals surface area contributed by atoms with E-state index in [0.717, 1.165) is 41.2 Å². The molecule has 1 aliphatic rings. The van der Waals surface area contributed by atoms with Gasteiger partial charge in [-0.1, -0.05) is 13.8 Å². The van der Waals surface area contributed by atoms with Gasteiger partial charge in [0.05, 0.1) is 24.9 Å². The Morgan fingerprint density at radius 3 is 2.90 bits per heavy atom. The van der Waals surface area contributed by atoms with Gasteiger partial charge in [-0.15, -0.1) is 0 Å². The monoisotopic (exact) mass is 416 g/mol. The summed E-state index contributed by atoms with van der Waals surface area (Å²) in [6.45, 7) is 9.90. The van der Waals surface area contributed by atoms with E-state index in [9.17, 15) is 0 Å². The molecule has 0 saturated carbocycles. The normalized spacial score (nSPS) is 17.0. The van der Waals surface area contributed by atoms with Crippen molar-refractivity contribution in [3.63, 3.8) is 0 Å². The van der Waals surface area contributed by atoms with Gasteiger partial charge in [0.15, 0.2) is 0 Å². The topological polar surface area (TPSA) is 71.9 Å². The molecule has 0 radical (unpaired) electrons. The fourth-order valence-corrected chi connectivity index (χ4v) is 4.31. The fraction of sp³-hybridized carbons (Fsp3) is 0.375. The molecule has 4 aromatic heterocycles. The number of H-pyrrole nitrogens is 1. The Kier molecular flexibility index (Phi) is 5.19. The van der Waals surface area contributed by atoms with E-state index in [1.54, 1.807) is 6.20 Å². The minimum absolute atomic E-state index is 0.268. The van der Waals surface area contributed by atoms with Crippen LogP contribution in [0.5, 0.6) is 0 Å². The van der Waals surface area contributed by atoms with Crippen LogP contribution in [0.2, 0.25) is 0 Å². The summed E-state index contributed by atoms with van der Waals surface area (Å²) >= 11 is 0. The Balaban J connectivity index is 1.71. The lowest BCUT2D eigenvalue weighted by molar-refractivity contribution is 0.0986. The third kappa shape index (κ3) is 3.81. The second kappa shape index (κ2) is 8.15. The number of fused-ring (bicyclic) bond motifs is 1. The minimum atomic E-state index is 0.268. The first-order valence-electron chi connectivity index (χ1n) is 10.9. The van der Waals surface area contributed by atoms with Crippen LogP contribution in [0.4, 0.5) is 5.82 Å². The molecular formula is C24H28N6O. The third-order valence-corrected chi connectivity index (χ3v) is 5.77.